The number of carbonyl (C=O) groups excluding carboxylic acids is 1. The lowest BCUT2D eigenvalue weighted by Crippen LogP contribution is -2.10. The van der Waals surface area contributed by atoms with Gasteiger partial charge in [0.2, 0.25) is 0 Å². The highest BCUT2D eigenvalue weighted by Gasteiger charge is 2.24. The fraction of sp³-hybridized carbons (Fsp3) is 0.462. The third kappa shape index (κ3) is 1.87. The molecule has 0 heterocycles. The van der Waals surface area contributed by atoms with Crippen LogP contribution in [-0.2, 0) is 11.2 Å². The second kappa shape index (κ2) is 3.95. The summed E-state index contributed by atoms with van der Waals surface area (Å²) in [6.07, 6.45) is 3.94. The van der Waals surface area contributed by atoms with E-state index in [9.17, 15) is 4.79 Å². The molecule has 1 saturated carbocycles. The monoisotopic (exact) mass is 188 g/mol. The number of hydrogen-bond acceptors (Lipinski definition) is 1. The van der Waals surface area contributed by atoms with E-state index in [-0.39, 0.29) is 0 Å². The highest BCUT2D eigenvalue weighted by atomic mass is 16.1. The average Bonchev–Trinajstić information content (AvgIpc) is 2.56. The van der Waals surface area contributed by atoms with Crippen molar-refractivity contribution in [2.24, 2.45) is 5.92 Å². The fourth-order valence-corrected chi connectivity index (χ4v) is 2.21. The summed E-state index contributed by atoms with van der Waals surface area (Å²) in [6, 6.07) is 8.37. The van der Waals surface area contributed by atoms with Crippen molar-refractivity contribution in [1.82, 2.24) is 0 Å². The van der Waals surface area contributed by atoms with Crippen LogP contribution in [0, 0.1) is 12.8 Å². The molecule has 1 aromatic carbocycles. The van der Waals surface area contributed by atoms with Gasteiger partial charge in [-0.1, -0.05) is 24.3 Å². The van der Waals surface area contributed by atoms with Crippen LogP contribution in [-0.4, -0.2) is 5.78 Å². The molecule has 0 bridgehead atoms. The van der Waals surface area contributed by atoms with E-state index >= 15 is 0 Å². The van der Waals surface area contributed by atoms with Gasteiger partial charge >= 0.3 is 0 Å². The molecule has 0 amide bonds. The summed E-state index contributed by atoms with van der Waals surface area (Å²) in [6.45, 7) is 2.12. The molecule has 0 unspecified atom stereocenters. The third-order valence-corrected chi connectivity index (χ3v) is 3.16. The zero-order valence-electron chi connectivity index (χ0n) is 8.62. The SMILES string of the molecule is Cc1ccccc1C[C@@H]1CCCC1=O. The summed E-state index contributed by atoms with van der Waals surface area (Å²) in [5.74, 6) is 0.768. The van der Waals surface area contributed by atoms with Gasteiger partial charge in [0.15, 0.2) is 0 Å². The Hall–Kier alpha value is -1.11. The minimum absolute atomic E-state index is 0.302. The van der Waals surface area contributed by atoms with Crippen LogP contribution in [0.15, 0.2) is 24.3 Å². The van der Waals surface area contributed by atoms with E-state index in [1.807, 2.05) is 0 Å². The number of Topliss-reactive ketones (excluding diaryl/α,β-unsaturated/α-hetero) is 1. The van der Waals surface area contributed by atoms with Crippen molar-refractivity contribution in [2.75, 3.05) is 0 Å². The Labute approximate surface area is 85.1 Å². The van der Waals surface area contributed by atoms with E-state index < -0.39 is 0 Å². The van der Waals surface area contributed by atoms with Gasteiger partial charge in [0.05, 0.1) is 0 Å². The van der Waals surface area contributed by atoms with Crippen LogP contribution in [0.25, 0.3) is 0 Å². The molecule has 0 spiro atoms. The topological polar surface area (TPSA) is 17.1 Å². The Morgan fingerprint density at radius 1 is 1.36 bits per heavy atom. The van der Waals surface area contributed by atoms with Gasteiger partial charge in [-0.3, -0.25) is 4.79 Å². The summed E-state index contributed by atoms with van der Waals surface area (Å²) < 4.78 is 0. The molecule has 1 fully saturated rings. The zero-order valence-corrected chi connectivity index (χ0v) is 8.62. The highest BCUT2D eigenvalue weighted by Crippen LogP contribution is 2.25. The number of carbonyl (C=O) groups is 1. The van der Waals surface area contributed by atoms with Gasteiger partial charge in [-0.15, -0.1) is 0 Å². The summed E-state index contributed by atoms with van der Waals surface area (Å²) in [4.78, 5) is 11.5. The largest absolute Gasteiger partial charge is 0.299 e. The molecule has 0 radical (unpaired) electrons. The average molecular weight is 188 g/mol. The van der Waals surface area contributed by atoms with Gasteiger partial charge in [0.1, 0.15) is 5.78 Å². The van der Waals surface area contributed by atoms with Gasteiger partial charge < -0.3 is 0 Å². The van der Waals surface area contributed by atoms with Gasteiger partial charge in [0, 0.05) is 12.3 Å². The Morgan fingerprint density at radius 2 is 2.14 bits per heavy atom. The van der Waals surface area contributed by atoms with Crippen molar-refractivity contribution in [2.45, 2.75) is 32.6 Å². The summed E-state index contributed by atoms with van der Waals surface area (Å²) in [5.41, 5.74) is 2.65. The first kappa shape index (κ1) is 9.45. The lowest BCUT2D eigenvalue weighted by atomic mass is 9.94. The summed E-state index contributed by atoms with van der Waals surface area (Å²) in [5, 5.41) is 0. The molecule has 0 aromatic heterocycles. The van der Waals surface area contributed by atoms with E-state index in [0.29, 0.717) is 11.7 Å². The van der Waals surface area contributed by atoms with E-state index in [1.165, 1.54) is 11.1 Å². The van der Waals surface area contributed by atoms with Crippen LogP contribution in [0.3, 0.4) is 0 Å². The predicted molar refractivity (Wildman–Crippen MR) is 57.2 cm³/mol. The lowest BCUT2D eigenvalue weighted by molar-refractivity contribution is -0.120. The molecule has 1 aliphatic carbocycles. The van der Waals surface area contributed by atoms with Gasteiger partial charge in [-0.2, -0.15) is 0 Å². The maximum Gasteiger partial charge on any atom is 0.136 e. The van der Waals surface area contributed by atoms with Crippen molar-refractivity contribution in [3.63, 3.8) is 0 Å². The molecule has 0 aliphatic heterocycles. The van der Waals surface area contributed by atoms with Gasteiger partial charge in [-0.05, 0) is 37.3 Å². The van der Waals surface area contributed by atoms with Crippen molar-refractivity contribution >= 4 is 5.78 Å². The standard InChI is InChI=1S/C13H16O/c1-10-5-2-3-6-11(10)9-12-7-4-8-13(12)14/h2-3,5-6,12H,4,7-9H2,1H3/t12-/m0/s1. The number of rotatable bonds is 2. The van der Waals surface area contributed by atoms with E-state index in [0.717, 1.165) is 25.7 Å². The van der Waals surface area contributed by atoms with Crippen molar-refractivity contribution in [1.29, 1.82) is 0 Å². The maximum atomic E-state index is 11.5. The number of benzene rings is 1. The van der Waals surface area contributed by atoms with E-state index in [2.05, 4.69) is 31.2 Å². The molecule has 1 heteroatoms. The van der Waals surface area contributed by atoms with Crippen molar-refractivity contribution in [3.05, 3.63) is 35.4 Å². The normalized spacial score (nSPS) is 21.5. The smallest absolute Gasteiger partial charge is 0.136 e. The Kier molecular flexibility index (Phi) is 2.67. The molecule has 1 nitrogen and oxygen atoms in total. The van der Waals surface area contributed by atoms with Crippen LogP contribution in [0.2, 0.25) is 0 Å². The Morgan fingerprint density at radius 3 is 2.79 bits per heavy atom. The summed E-state index contributed by atoms with van der Waals surface area (Å²) >= 11 is 0. The molecule has 74 valence electrons. The molecule has 0 saturated heterocycles. The molecule has 1 aliphatic rings. The Balaban J connectivity index is 2.10. The number of aryl methyl sites for hydroxylation is 1. The lowest BCUT2D eigenvalue weighted by Gasteiger charge is -2.09. The highest BCUT2D eigenvalue weighted by molar-refractivity contribution is 5.83. The number of ketones is 1. The third-order valence-electron chi connectivity index (χ3n) is 3.16. The second-order valence-electron chi connectivity index (χ2n) is 4.19. The molecule has 0 N–H and O–H groups in total. The molecule has 14 heavy (non-hydrogen) atoms. The predicted octanol–water partition coefficient (Wildman–Crippen LogP) is 2.91. The number of hydrogen-bond donors (Lipinski definition) is 0. The molecule has 1 atom stereocenters. The van der Waals surface area contributed by atoms with Crippen LogP contribution in [0.5, 0.6) is 0 Å². The van der Waals surface area contributed by atoms with Gasteiger partial charge in [-0.25, -0.2) is 0 Å². The summed E-state index contributed by atoms with van der Waals surface area (Å²) in [7, 11) is 0. The molecular weight excluding hydrogens is 172 g/mol. The van der Waals surface area contributed by atoms with Crippen LogP contribution >= 0.6 is 0 Å². The molecule has 1 aromatic rings. The molecular formula is C13H16O. The minimum Gasteiger partial charge on any atom is -0.299 e. The molecule has 2 rings (SSSR count). The fourth-order valence-electron chi connectivity index (χ4n) is 2.21. The first-order chi connectivity index (χ1) is 6.77. The van der Waals surface area contributed by atoms with Crippen molar-refractivity contribution < 1.29 is 4.79 Å². The second-order valence-corrected chi connectivity index (χ2v) is 4.19. The first-order valence-electron chi connectivity index (χ1n) is 5.34. The van der Waals surface area contributed by atoms with E-state index in [4.69, 9.17) is 0 Å². The van der Waals surface area contributed by atoms with Crippen molar-refractivity contribution in [3.8, 4) is 0 Å². The quantitative estimate of drug-likeness (QED) is 0.697. The minimum atomic E-state index is 0.302. The maximum absolute atomic E-state index is 11.5. The van der Waals surface area contributed by atoms with E-state index in [1.54, 1.807) is 0 Å². The van der Waals surface area contributed by atoms with Crippen LogP contribution in [0.4, 0.5) is 0 Å². The Bertz CT molecular complexity index is 341. The van der Waals surface area contributed by atoms with Crippen LogP contribution < -0.4 is 0 Å². The zero-order chi connectivity index (χ0) is 9.97. The van der Waals surface area contributed by atoms with Crippen LogP contribution in [0.1, 0.15) is 30.4 Å². The van der Waals surface area contributed by atoms with Gasteiger partial charge in [0.25, 0.3) is 0 Å². The first-order valence-corrected chi connectivity index (χ1v) is 5.34.